The van der Waals surface area contributed by atoms with Crippen molar-refractivity contribution in [1.82, 2.24) is 24.8 Å². The third kappa shape index (κ3) is 3.89. The van der Waals surface area contributed by atoms with Crippen LogP contribution >= 0.6 is 0 Å². The Bertz CT molecular complexity index is 809. The number of H-pyrrole nitrogens is 1. The molecule has 1 aliphatic rings. The fraction of sp³-hybridized carbons (Fsp3) is 0.400. The molecule has 0 amide bonds. The number of nitrogens with zero attached hydrogens (tertiary/aromatic N) is 4. The first-order valence-electron chi connectivity index (χ1n) is 8.99. The van der Waals surface area contributed by atoms with Crippen molar-refractivity contribution in [2.75, 3.05) is 33.2 Å². The van der Waals surface area contributed by atoms with Crippen LogP contribution in [-0.2, 0) is 13.0 Å². The molecule has 5 nitrogen and oxygen atoms in total. The SMILES string of the molecule is CN1CCN(Cc2cnc[nH]2)C[C@@H](Cc2cccc3ncccc23)C1. The highest BCUT2D eigenvalue weighted by molar-refractivity contribution is 5.81. The molecule has 1 N–H and O–H groups in total. The number of benzene rings is 1. The van der Waals surface area contributed by atoms with Crippen LogP contribution in [0.1, 0.15) is 11.3 Å². The van der Waals surface area contributed by atoms with Gasteiger partial charge in [-0.1, -0.05) is 18.2 Å². The van der Waals surface area contributed by atoms with E-state index in [4.69, 9.17) is 0 Å². The van der Waals surface area contributed by atoms with Gasteiger partial charge in [-0.05, 0) is 37.1 Å². The number of hydrogen-bond acceptors (Lipinski definition) is 4. The van der Waals surface area contributed by atoms with Crippen LogP contribution in [0.2, 0.25) is 0 Å². The lowest BCUT2D eigenvalue weighted by molar-refractivity contribution is 0.246. The van der Waals surface area contributed by atoms with E-state index in [1.165, 1.54) is 16.6 Å². The van der Waals surface area contributed by atoms with Crippen molar-refractivity contribution in [1.29, 1.82) is 0 Å². The highest BCUT2D eigenvalue weighted by Crippen LogP contribution is 2.22. The van der Waals surface area contributed by atoms with Gasteiger partial charge in [-0.15, -0.1) is 0 Å². The second-order valence-electron chi connectivity index (χ2n) is 7.13. The molecular weight excluding hydrogens is 310 g/mol. The Morgan fingerprint density at radius 1 is 1.16 bits per heavy atom. The Kier molecular flexibility index (Phi) is 4.76. The lowest BCUT2D eigenvalue weighted by Gasteiger charge is -2.24. The van der Waals surface area contributed by atoms with Crippen LogP contribution < -0.4 is 0 Å². The Hall–Kier alpha value is -2.24. The van der Waals surface area contributed by atoms with Gasteiger partial charge in [0.2, 0.25) is 0 Å². The zero-order valence-corrected chi connectivity index (χ0v) is 14.7. The van der Waals surface area contributed by atoms with Gasteiger partial charge in [0.05, 0.1) is 11.8 Å². The lowest BCUT2D eigenvalue weighted by Crippen LogP contribution is -2.30. The highest BCUT2D eigenvalue weighted by Gasteiger charge is 2.22. The molecule has 0 radical (unpaired) electrons. The van der Waals surface area contributed by atoms with Crippen molar-refractivity contribution in [3.8, 4) is 0 Å². The van der Waals surface area contributed by atoms with Gasteiger partial charge in [-0.25, -0.2) is 4.98 Å². The van der Waals surface area contributed by atoms with Crippen molar-refractivity contribution in [2.45, 2.75) is 13.0 Å². The van der Waals surface area contributed by atoms with Crippen LogP contribution in [-0.4, -0.2) is 58.0 Å². The molecule has 1 saturated heterocycles. The van der Waals surface area contributed by atoms with Crippen LogP contribution in [0.15, 0.2) is 49.1 Å². The number of hydrogen-bond donors (Lipinski definition) is 1. The van der Waals surface area contributed by atoms with Gasteiger partial charge in [-0.2, -0.15) is 0 Å². The van der Waals surface area contributed by atoms with Gasteiger partial charge in [0.1, 0.15) is 0 Å². The molecule has 0 aliphatic carbocycles. The smallest absolute Gasteiger partial charge is 0.0922 e. The molecular formula is C20H25N5. The van der Waals surface area contributed by atoms with E-state index >= 15 is 0 Å². The van der Waals surface area contributed by atoms with Gasteiger partial charge >= 0.3 is 0 Å². The van der Waals surface area contributed by atoms with Crippen molar-refractivity contribution in [3.05, 3.63) is 60.3 Å². The predicted octanol–water partition coefficient (Wildman–Crippen LogP) is 2.56. The zero-order chi connectivity index (χ0) is 17.1. The van der Waals surface area contributed by atoms with Crippen molar-refractivity contribution in [3.63, 3.8) is 0 Å². The van der Waals surface area contributed by atoms with Gasteiger partial charge < -0.3 is 9.88 Å². The standard InChI is InChI=1S/C20H25N5/c1-24-8-9-25(14-18-11-21-15-23-18)13-16(12-24)10-17-4-2-6-20-19(17)5-3-7-22-20/h2-7,11,15-16H,8-10,12-14H2,1H3,(H,21,23)/t16-/m0/s1. The Morgan fingerprint density at radius 2 is 2.12 bits per heavy atom. The number of pyridine rings is 1. The van der Waals surface area contributed by atoms with Crippen LogP contribution in [0.4, 0.5) is 0 Å². The average Bonchev–Trinajstić information content (AvgIpc) is 3.06. The summed E-state index contributed by atoms with van der Waals surface area (Å²) in [4.78, 5) is 16.9. The minimum absolute atomic E-state index is 0.612. The van der Waals surface area contributed by atoms with Gasteiger partial charge in [0.25, 0.3) is 0 Å². The predicted molar refractivity (Wildman–Crippen MR) is 100 cm³/mol. The highest BCUT2D eigenvalue weighted by atomic mass is 15.2. The molecule has 3 heterocycles. The fourth-order valence-electron chi connectivity index (χ4n) is 3.90. The van der Waals surface area contributed by atoms with E-state index in [9.17, 15) is 0 Å². The number of rotatable bonds is 4. The van der Waals surface area contributed by atoms with E-state index in [0.717, 1.165) is 44.7 Å². The Labute approximate surface area is 148 Å². The maximum Gasteiger partial charge on any atom is 0.0922 e. The van der Waals surface area contributed by atoms with Crippen LogP contribution in [0, 0.1) is 5.92 Å². The Balaban J connectivity index is 1.53. The second kappa shape index (κ2) is 7.33. The third-order valence-corrected chi connectivity index (χ3v) is 5.08. The van der Waals surface area contributed by atoms with E-state index in [1.54, 1.807) is 6.33 Å². The molecule has 25 heavy (non-hydrogen) atoms. The third-order valence-electron chi connectivity index (χ3n) is 5.08. The average molecular weight is 335 g/mol. The molecule has 2 aromatic heterocycles. The number of nitrogens with one attached hydrogen (secondary N) is 1. The molecule has 1 fully saturated rings. The molecule has 3 aromatic rings. The first-order chi connectivity index (χ1) is 12.3. The Morgan fingerprint density at radius 3 is 3.00 bits per heavy atom. The lowest BCUT2D eigenvalue weighted by atomic mass is 9.95. The summed E-state index contributed by atoms with van der Waals surface area (Å²) in [5, 5.41) is 1.29. The molecule has 1 aromatic carbocycles. The quantitative estimate of drug-likeness (QED) is 0.796. The van der Waals surface area contributed by atoms with Crippen molar-refractivity contribution >= 4 is 10.9 Å². The van der Waals surface area contributed by atoms with E-state index in [2.05, 4.69) is 56.1 Å². The molecule has 130 valence electrons. The first kappa shape index (κ1) is 16.2. The minimum atomic E-state index is 0.612. The second-order valence-corrected chi connectivity index (χ2v) is 7.13. The van der Waals surface area contributed by atoms with Crippen LogP contribution in [0.5, 0.6) is 0 Å². The molecule has 0 spiro atoms. The molecule has 0 saturated carbocycles. The largest absolute Gasteiger partial charge is 0.347 e. The molecule has 5 heteroatoms. The maximum absolute atomic E-state index is 4.50. The summed E-state index contributed by atoms with van der Waals surface area (Å²) < 4.78 is 0. The van der Waals surface area contributed by atoms with E-state index in [1.807, 2.05) is 18.5 Å². The number of imidazole rings is 1. The zero-order valence-electron chi connectivity index (χ0n) is 14.7. The van der Waals surface area contributed by atoms with Gasteiger partial charge in [0.15, 0.2) is 0 Å². The summed E-state index contributed by atoms with van der Waals surface area (Å²) in [6, 6.07) is 10.7. The van der Waals surface area contributed by atoms with Gasteiger partial charge in [0, 0.05) is 56.2 Å². The first-order valence-corrected chi connectivity index (χ1v) is 8.99. The number of aromatic nitrogens is 3. The van der Waals surface area contributed by atoms with E-state index in [-0.39, 0.29) is 0 Å². The summed E-state index contributed by atoms with van der Waals surface area (Å²) in [6.07, 6.45) is 6.66. The summed E-state index contributed by atoms with van der Waals surface area (Å²) in [6.45, 7) is 5.41. The summed E-state index contributed by atoms with van der Waals surface area (Å²) in [5.74, 6) is 0.612. The number of aromatic amines is 1. The summed E-state index contributed by atoms with van der Waals surface area (Å²) in [5.41, 5.74) is 3.70. The summed E-state index contributed by atoms with van der Waals surface area (Å²) in [7, 11) is 2.23. The van der Waals surface area contributed by atoms with E-state index in [0.29, 0.717) is 5.92 Å². The normalized spacial score (nSPS) is 20.0. The molecule has 0 bridgehead atoms. The van der Waals surface area contributed by atoms with Crippen LogP contribution in [0.25, 0.3) is 10.9 Å². The number of likely N-dealkylation sites (N-methyl/N-ethyl adjacent to an activating group) is 1. The van der Waals surface area contributed by atoms with Gasteiger partial charge in [-0.3, -0.25) is 9.88 Å². The molecule has 1 atom stereocenters. The van der Waals surface area contributed by atoms with Crippen molar-refractivity contribution in [2.24, 2.45) is 5.92 Å². The topological polar surface area (TPSA) is 48.0 Å². The number of fused-ring (bicyclic) bond motifs is 1. The fourth-order valence-corrected chi connectivity index (χ4v) is 3.90. The molecule has 0 unspecified atom stereocenters. The monoisotopic (exact) mass is 335 g/mol. The maximum atomic E-state index is 4.50. The summed E-state index contributed by atoms with van der Waals surface area (Å²) >= 11 is 0. The minimum Gasteiger partial charge on any atom is -0.347 e. The molecule has 4 rings (SSSR count). The van der Waals surface area contributed by atoms with Crippen LogP contribution in [0.3, 0.4) is 0 Å². The van der Waals surface area contributed by atoms with Crippen molar-refractivity contribution < 1.29 is 0 Å². The molecule has 1 aliphatic heterocycles. The van der Waals surface area contributed by atoms with E-state index < -0.39 is 0 Å².